The molecule has 0 spiro atoms. The molecule has 1 aliphatic rings. The van der Waals surface area contributed by atoms with Crippen molar-refractivity contribution >= 4 is 23.4 Å². The lowest BCUT2D eigenvalue weighted by molar-refractivity contribution is -0.384. The van der Waals surface area contributed by atoms with Crippen LogP contribution in [0.4, 0.5) is 16.2 Å². The maximum absolute atomic E-state index is 10.5. The zero-order valence-electron chi connectivity index (χ0n) is 11.9. The fourth-order valence-corrected chi connectivity index (χ4v) is 1.97. The van der Waals surface area contributed by atoms with Gasteiger partial charge in [-0.1, -0.05) is 0 Å². The van der Waals surface area contributed by atoms with Crippen molar-refractivity contribution in [2.45, 2.75) is 19.3 Å². The Morgan fingerprint density at radius 1 is 1.23 bits per heavy atom. The standard InChI is InChI=1S/C7H6N2O4.C6H12N2O/c8-6-3-4(9(12)13)1-2-5(6)7(10)11;7-6(9)8-4-2-1-3-5-8/h1-3H,8H2,(H,10,11);1-5H2,(H2,7,9). The number of urea groups is 1. The van der Waals surface area contributed by atoms with Crippen molar-refractivity contribution in [2.75, 3.05) is 18.8 Å². The Labute approximate surface area is 126 Å². The van der Waals surface area contributed by atoms with Crippen LogP contribution in [0.2, 0.25) is 0 Å². The minimum absolute atomic E-state index is 0.110. The molecule has 1 aliphatic heterocycles. The summed E-state index contributed by atoms with van der Waals surface area (Å²) in [7, 11) is 0. The normalized spacial score (nSPS) is 13.7. The number of aromatic carboxylic acids is 1. The highest BCUT2D eigenvalue weighted by molar-refractivity contribution is 5.94. The van der Waals surface area contributed by atoms with Crippen LogP contribution in [0.15, 0.2) is 18.2 Å². The molecule has 0 unspecified atom stereocenters. The number of nitro benzene ring substituents is 1. The average Bonchev–Trinajstić information content (AvgIpc) is 2.48. The number of primary amides is 1. The fraction of sp³-hybridized carbons (Fsp3) is 0.385. The van der Waals surface area contributed by atoms with E-state index in [-0.39, 0.29) is 23.0 Å². The molecule has 1 aromatic carbocycles. The van der Waals surface area contributed by atoms with Crippen LogP contribution in [0.25, 0.3) is 0 Å². The summed E-state index contributed by atoms with van der Waals surface area (Å²) in [5.41, 5.74) is 9.87. The van der Waals surface area contributed by atoms with Crippen molar-refractivity contribution in [3.63, 3.8) is 0 Å². The van der Waals surface area contributed by atoms with Crippen molar-refractivity contribution in [1.29, 1.82) is 0 Å². The van der Waals surface area contributed by atoms with Crippen LogP contribution >= 0.6 is 0 Å². The quantitative estimate of drug-likeness (QED) is 0.426. The highest BCUT2D eigenvalue weighted by Gasteiger charge is 2.13. The van der Waals surface area contributed by atoms with E-state index in [1.807, 2.05) is 0 Å². The predicted octanol–water partition coefficient (Wildman–Crippen LogP) is 1.43. The Balaban J connectivity index is 0.000000235. The molecule has 1 heterocycles. The molecule has 1 saturated heterocycles. The van der Waals surface area contributed by atoms with Crippen LogP contribution < -0.4 is 11.5 Å². The number of nitrogens with zero attached hydrogens (tertiary/aromatic N) is 2. The minimum atomic E-state index is -1.20. The lowest BCUT2D eigenvalue weighted by Gasteiger charge is -2.24. The second kappa shape index (κ2) is 7.81. The molecule has 22 heavy (non-hydrogen) atoms. The number of anilines is 1. The number of carbonyl (C=O) groups is 2. The number of benzene rings is 1. The van der Waals surface area contributed by atoms with Gasteiger partial charge in [-0.15, -0.1) is 0 Å². The molecule has 0 radical (unpaired) electrons. The van der Waals surface area contributed by atoms with E-state index in [4.69, 9.17) is 16.6 Å². The molecular weight excluding hydrogens is 292 g/mol. The van der Waals surface area contributed by atoms with Gasteiger partial charge in [0, 0.05) is 25.2 Å². The van der Waals surface area contributed by atoms with Crippen LogP contribution in [-0.2, 0) is 0 Å². The van der Waals surface area contributed by atoms with Gasteiger partial charge in [-0.05, 0) is 25.3 Å². The number of non-ortho nitro benzene ring substituents is 1. The monoisotopic (exact) mass is 310 g/mol. The summed E-state index contributed by atoms with van der Waals surface area (Å²) in [5.74, 6) is -1.20. The van der Waals surface area contributed by atoms with E-state index in [1.54, 1.807) is 4.90 Å². The molecule has 0 bridgehead atoms. The van der Waals surface area contributed by atoms with Gasteiger partial charge in [0.1, 0.15) is 0 Å². The molecule has 1 fully saturated rings. The molecule has 2 rings (SSSR count). The van der Waals surface area contributed by atoms with Crippen molar-refractivity contribution in [3.05, 3.63) is 33.9 Å². The van der Waals surface area contributed by atoms with Gasteiger partial charge in [0.25, 0.3) is 5.69 Å². The van der Waals surface area contributed by atoms with Crippen LogP contribution in [0.1, 0.15) is 29.6 Å². The summed E-state index contributed by atoms with van der Waals surface area (Å²) in [6.45, 7) is 1.71. The van der Waals surface area contributed by atoms with Crippen LogP contribution in [0, 0.1) is 10.1 Å². The van der Waals surface area contributed by atoms with Gasteiger partial charge in [0.05, 0.1) is 16.2 Å². The lowest BCUT2D eigenvalue weighted by Crippen LogP contribution is -2.39. The maximum Gasteiger partial charge on any atom is 0.337 e. The van der Waals surface area contributed by atoms with E-state index in [2.05, 4.69) is 0 Å². The molecule has 2 amide bonds. The summed E-state index contributed by atoms with van der Waals surface area (Å²) < 4.78 is 0. The molecule has 5 N–H and O–H groups in total. The first-order valence-electron chi connectivity index (χ1n) is 6.64. The molecular formula is C13H18N4O5. The average molecular weight is 310 g/mol. The number of piperidine rings is 1. The number of carboxylic acids is 1. The summed E-state index contributed by atoms with van der Waals surface area (Å²) in [6, 6.07) is 2.95. The topological polar surface area (TPSA) is 153 Å². The van der Waals surface area contributed by atoms with Gasteiger partial charge in [-0.25, -0.2) is 9.59 Å². The summed E-state index contributed by atoms with van der Waals surface area (Å²) in [6.07, 6.45) is 3.47. The Hall–Kier alpha value is -2.84. The number of hydrogen-bond donors (Lipinski definition) is 3. The number of likely N-dealkylation sites (tertiary alicyclic amines) is 1. The first-order chi connectivity index (χ1) is 10.3. The third-order valence-corrected chi connectivity index (χ3v) is 3.14. The minimum Gasteiger partial charge on any atom is -0.478 e. The lowest BCUT2D eigenvalue weighted by atomic mass is 10.1. The molecule has 9 heteroatoms. The number of carboxylic acid groups (broad SMARTS) is 1. The summed E-state index contributed by atoms with van der Waals surface area (Å²) in [5, 5.41) is 18.8. The van der Waals surface area contributed by atoms with Gasteiger partial charge < -0.3 is 21.5 Å². The van der Waals surface area contributed by atoms with Gasteiger partial charge >= 0.3 is 12.0 Å². The SMILES string of the molecule is NC(=O)N1CCCCC1.Nc1cc([N+](=O)[O-])ccc1C(=O)O. The predicted molar refractivity (Wildman–Crippen MR) is 79.5 cm³/mol. The van der Waals surface area contributed by atoms with Gasteiger partial charge in [-0.2, -0.15) is 0 Å². The smallest absolute Gasteiger partial charge is 0.337 e. The van der Waals surface area contributed by atoms with Crippen molar-refractivity contribution in [3.8, 4) is 0 Å². The number of rotatable bonds is 2. The first kappa shape index (κ1) is 17.2. The third kappa shape index (κ3) is 4.93. The number of nitrogens with two attached hydrogens (primary N) is 2. The Bertz CT molecular complexity index is 570. The molecule has 0 saturated carbocycles. The second-order valence-electron chi connectivity index (χ2n) is 4.72. The Kier molecular flexibility index (Phi) is 6.11. The van der Waals surface area contributed by atoms with E-state index in [0.717, 1.165) is 44.1 Å². The summed E-state index contributed by atoms with van der Waals surface area (Å²) >= 11 is 0. The summed E-state index contributed by atoms with van der Waals surface area (Å²) in [4.78, 5) is 32.3. The maximum atomic E-state index is 10.5. The number of nitro groups is 1. The van der Waals surface area contributed by atoms with Gasteiger partial charge in [-0.3, -0.25) is 10.1 Å². The van der Waals surface area contributed by atoms with Crippen LogP contribution in [-0.4, -0.2) is 40.0 Å². The van der Waals surface area contributed by atoms with Crippen molar-refractivity contribution in [1.82, 2.24) is 4.90 Å². The van der Waals surface area contributed by atoms with E-state index in [0.29, 0.717) is 0 Å². The van der Waals surface area contributed by atoms with E-state index in [1.165, 1.54) is 6.42 Å². The zero-order valence-corrected chi connectivity index (χ0v) is 11.9. The molecule has 9 nitrogen and oxygen atoms in total. The van der Waals surface area contributed by atoms with Crippen LogP contribution in [0.5, 0.6) is 0 Å². The number of amides is 2. The molecule has 0 aliphatic carbocycles. The van der Waals surface area contributed by atoms with E-state index in [9.17, 15) is 19.7 Å². The largest absolute Gasteiger partial charge is 0.478 e. The molecule has 120 valence electrons. The fourth-order valence-electron chi connectivity index (χ4n) is 1.97. The third-order valence-electron chi connectivity index (χ3n) is 3.14. The van der Waals surface area contributed by atoms with E-state index >= 15 is 0 Å². The first-order valence-corrected chi connectivity index (χ1v) is 6.64. The number of hydrogen-bond acceptors (Lipinski definition) is 5. The van der Waals surface area contributed by atoms with Crippen LogP contribution in [0.3, 0.4) is 0 Å². The van der Waals surface area contributed by atoms with E-state index < -0.39 is 10.9 Å². The zero-order chi connectivity index (χ0) is 16.7. The molecule has 1 aromatic rings. The highest BCUT2D eigenvalue weighted by Crippen LogP contribution is 2.19. The van der Waals surface area contributed by atoms with Gasteiger partial charge in [0.15, 0.2) is 0 Å². The highest BCUT2D eigenvalue weighted by atomic mass is 16.6. The molecule has 0 atom stereocenters. The Morgan fingerprint density at radius 3 is 2.18 bits per heavy atom. The molecule has 0 aromatic heterocycles. The number of carbonyl (C=O) groups excluding carboxylic acids is 1. The number of nitrogen functional groups attached to an aromatic ring is 1. The second-order valence-corrected chi connectivity index (χ2v) is 4.72. The Morgan fingerprint density at radius 2 is 1.82 bits per heavy atom. The van der Waals surface area contributed by atoms with Crippen molar-refractivity contribution < 1.29 is 19.6 Å². The van der Waals surface area contributed by atoms with Gasteiger partial charge in [0.2, 0.25) is 0 Å². The van der Waals surface area contributed by atoms with Crippen molar-refractivity contribution in [2.24, 2.45) is 5.73 Å².